The van der Waals surface area contributed by atoms with E-state index in [4.69, 9.17) is 11.5 Å². The van der Waals surface area contributed by atoms with Crippen LogP contribution in [0.25, 0.3) is 0 Å². The Morgan fingerprint density at radius 2 is 1.79 bits per heavy atom. The van der Waals surface area contributed by atoms with Crippen LogP contribution < -0.4 is 16.4 Å². The highest BCUT2D eigenvalue weighted by molar-refractivity contribution is 5.89. The van der Waals surface area contributed by atoms with Gasteiger partial charge in [-0.05, 0) is 35.9 Å². The molecule has 96 valence electrons. The van der Waals surface area contributed by atoms with Gasteiger partial charge in [-0.2, -0.15) is 0 Å². The van der Waals surface area contributed by atoms with E-state index in [1.807, 2.05) is 24.3 Å². The maximum absolute atomic E-state index is 11.5. The average Bonchev–Trinajstić information content (AvgIpc) is 2.39. The molecular weight excluding hydrogens is 242 g/mol. The van der Waals surface area contributed by atoms with Gasteiger partial charge >= 0.3 is 5.97 Å². The van der Waals surface area contributed by atoms with Crippen molar-refractivity contribution < 1.29 is 9.90 Å². The van der Waals surface area contributed by atoms with Crippen LogP contribution in [0.2, 0.25) is 0 Å². The normalized spacial score (nSPS) is 16.6. The summed E-state index contributed by atoms with van der Waals surface area (Å²) in [6.07, 6.45) is 0. The van der Waals surface area contributed by atoms with Crippen molar-refractivity contribution >= 4 is 28.7 Å². The number of carboxylic acid groups (broad SMARTS) is 1. The molecule has 1 atom stereocenters. The third-order valence-electron chi connectivity index (χ3n) is 3.29. The molecule has 2 aromatic carbocycles. The van der Waals surface area contributed by atoms with Crippen molar-refractivity contribution in [1.29, 1.82) is 0 Å². The van der Waals surface area contributed by atoms with E-state index >= 15 is 0 Å². The summed E-state index contributed by atoms with van der Waals surface area (Å²) in [5, 5.41) is 9.43. The van der Waals surface area contributed by atoms with Crippen LogP contribution in [-0.2, 0) is 4.79 Å². The first-order valence-electron chi connectivity index (χ1n) is 5.85. The predicted molar refractivity (Wildman–Crippen MR) is 74.2 cm³/mol. The zero-order valence-corrected chi connectivity index (χ0v) is 10.1. The standard InChI is InChI=1S/C14H13N3O2/c15-9-3-6-12(11(16)7-9)17-10-4-1-8(2-5-10)13(17)14(18)19/h1-7,13H,15-16H2,(H,18,19). The summed E-state index contributed by atoms with van der Waals surface area (Å²) in [5.74, 6) is -0.905. The van der Waals surface area contributed by atoms with Crippen LogP contribution in [0.5, 0.6) is 0 Å². The molecule has 5 nitrogen and oxygen atoms in total. The second-order valence-electron chi connectivity index (χ2n) is 4.52. The summed E-state index contributed by atoms with van der Waals surface area (Å²) < 4.78 is 0. The minimum absolute atomic E-state index is 0.466. The lowest BCUT2D eigenvalue weighted by molar-refractivity contribution is -0.138. The molecule has 2 aromatic rings. The Morgan fingerprint density at radius 3 is 2.37 bits per heavy atom. The molecule has 2 heterocycles. The Hall–Kier alpha value is -2.69. The zero-order chi connectivity index (χ0) is 13.6. The van der Waals surface area contributed by atoms with E-state index in [0.29, 0.717) is 17.1 Å². The van der Waals surface area contributed by atoms with E-state index in [2.05, 4.69) is 0 Å². The summed E-state index contributed by atoms with van der Waals surface area (Å²) in [6, 6.07) is 11.7. The molecule has 1 unspecified atom stereocenters. The summed E-state index contributed by atoms with van der Waals surface area (Å²) in [6.45, 7) is 0. The fourth-order valence-corrected chi connectivity index (χ4v) is 2.44. The minimum atomic E-state index is -0.905. The van der Waals surface area contributed by atoms with Crippen LogP contribution in [0.15, 0.2) is 42.5 Å². The fourth-order valence-electron chi connectivity index (χ4n) is 2.44. The maximum Gasteiger partial charge on any atom is 0.331 e. The van der Waals surface area contributed by atoms with Gasteiger partial charge in [0.1, 0.15) is 0 Å². The highest BCUT2D eigenvalue weighted by Gasteiger charge is 2.33. The van der Waals surface area contributed by atoms with Crippen LogP contribution in [0.1, 0.15) is 11.6 Å². The third-order valence-corrected chi connectivity index (χ3v) is 3.29. The number of rotatable bonds is 2. The first-order valence-corrected chi connectivity index (χ1v) is 5.85. The second kappa shape index (κ2) is 3.91. The number of benzene rings is 2. The first-order chi connectivity index (χ1) is 9.08. The van der Waals surface area contributed by atoms with Crippen molar-refractivity contribution in [2.45, 2.75) is 6.04 Å². The molecule has 2 aliphatic heterocycles. The smallest absolute Gasteiger partial charge is 0.331 e. The van der Waals surface area contributed by atoms with Gasteiger partial charge in [-0.3, -0.25) is 0 Å². The van der Waals surface area contributed by atoms with E-state index in [1.54, 1.807) is 23.1 Å². The van der Waals surface area contributed by atoms with E-state index in [0.717, 1.165) is 11.3 Å². The molecule has 0 saturated heterocycles. The summed E-state index contributed by atoms with van der Waals surface area (Å²) >= 11 is 0. The quantitative estimate of drug-likeness (QED) is 0.715. The summed E-state index contributed by atoms with van der Waals surface area (Å²) in [5.41, 5.74) is 14.8. The van der Waals surface area contributed by atoms with Gasteiger partial charge in [0.25, 0.3) is 0 Å². The number of hydrogen-bond acceptors (Lipinski definition) is 4. The third kappa shape index (κ3) is 1.67. The van der Waals surface area contributed by atoms with Crippen LogP contribution in [0.3, 0.4) is 0 Å². The molecule has 5 heteroatoms. The van der Waals surface area contributed by atoms with Crippen LogP contribution in [0.4, 0.5) is 22.7 Å². The number of carboxylic acids is 1. The first kappa shape index (κ1) is 11.4. The zero-order valence-electron chi connectivity index (χ0n) is 10.1. The van der Waals surface area contributed by atoms with Crippen LogP contribution in [0, 0.1) is 0 Å². The van der Waals surface area contributed by atoms with Crippen LogP contribution >= 0.6 is 0 Å². The van der Waals surface area contributed by atoms with Crippen molar-refractivity contribution in [3.05, 3.63) is 48.0 Å². The molecule has 19 heavy (non-hydrogen) atoms. The molecule has 0 saturated carbocycles. The molecular formula is C14H13N3O2. The molecule has 4 rings (SSSR count). The number of nitrogens with zero attached hydrogens (tertiary/aromatic N) is 1. The Kier molecular flexibility index (Phi) is 2.35. The molecule has 2 bridgehead atoms. The lowest BCUT2D eigenvalue weighted by atomic mass is 9.97. The van der Waals surface area contributed by atoms with Gasteiger partial charge in [0, 0.05) is 11.4 Å². The van der Waals surface area contributed by atoms with Crippen molar-refractivity contribution in [2.24, 2.45) is 0 Å². The lowest BCUT2D eigenvalue weighted by Crippen LogP contribution is -2.33. The maximum atomic E-state index is 11.5. The molecule has 0 fully saturated rings. The molecule has 5 N–H and O–H groups in total. The van der Waals surface area contributed by atoms with Gasteiger partial charge in [-0.1, -0.05) is 12.1 Å². The van der Waals surface area contributed by atoms with Gasteiger partial charge in [-0.15, -0.1) is 0 Å². The SMILES string of the molecule is Nc1ccc(N2c3ccc(cc3)C2C(=O)O)c(N)c1. The van der Waals surface area contributed by atoms with Gasteiger partial charge < -0.3 is 21.5 Å². The second-order valence-corrected chi connectivity index (χ2v) is 4.52. The topological polar surface area (TPSA) is 92.6 Å². The van der Waals surface area contributed by atoms with Crippen molar-refractivity contribution in [1.82, 2.24) is 0 Å². The molecule has 0 aliphatic carbocycles. The Labute approximate surface area is 110 Å². The highest BCUT2D eigenvalue weighted by atomic mass is 16.4. The predicted octanol–water partition coefficient (Wildman–Crippen LogP) is 2.13. The fraction of sp³-hybridized carbons (Fsp3) is 0.0714. The van der Waals surface area contributed by atoms with Gasteiger partial charge in [0.2, 0.25) is 0 Å². The van der Waals surface area contributed by atoms with Gasteiger partial charge in [0.15, 0.2) is 6.04 Å². The number of carbonyl (C=O) groups is 1. The monoisotopic (exact) mass is 255 g/mol. The van der Waals surface area contributed by atoms with Gasteiger partial charge in [0.05, 0.1) is 11.4 Å². The summed E-state index contributed by atoms with van der Waals surface area (Å²) in [4.78, 5) is 13.2. The van der Waals surface area contributed by atoms with Crippen LogP contribution in [-0.4, -0.2) is 11.1 Å². The van der Waals surface area contributed by atoms with Crippen molar-refractivity contribution in [3.63, 3.8) is 0 Å². The highest BCUT2D eigenvalue weighted by Crippen LogP contribution is 2.42. The lowest BCUT2D eigenvalue weighted by Gasteiger charge is -2.36. The van der Waals surface area contributed by atoms with Gasteiger partial charge in [-0.25, -0.2) is 4.79 Å². The van der Waals surface area contributed by atoms with E-state index < -0.39 is 12.0 Å². The Bertz CT molecular complexity index is 652. The number of nitrogen functional groups attached to an aromatic ring is 2. The molecule has 0 radical (unpaired) electrons. The number of nitrogens with two attached hydrogens (primary N) is 2. The average molecular weight is 255 g/mol. The Balaban J connectivity index is 2.16. The number of hydrogen-bond donors (Lipinski definition) is 3. The summed E-state index contributed by atoms with van der Waals surface area (Å²) in [7, 11) is 0. The number of fused-ring (bicyclic) bond motifs is 3. The number of anilines is 4. The molecule has 0 amide bonds. The molecule has 0 spiro atoms. The van der Waals surface area contributed by atoms with Crippen molar-refractivity contribution in [2.75, 3.05) is 16.4 Å². The van der Waals surface area contributed by atoms with Crippen molar-refractivity contribution in [3.8, 4) is 0 Å². The van der Waals surface area contributed by atoms with E-state index in [9.17, 15) is 9.90 Å². The van der Waals surface area contributed by atoms with E-state index in [-0.39, 0.29) is 0 Å². The number of aliphatic carboxylic acids is 1. The minimum Gasteiger partial charge on any atom is -0.479 e. The van der Waals surface area contributed by atoms with E-state index in [1.165, 1.54) is 0 Å². The molecule has 0 aromatic heterocycles. The molecule has 2 aliphatic rings. The Morgan fingerprint density at radius 1 is 1.11 bits per heavy atom. The largest absolute Gasteiger partial charge is 0.479 e.